The summed E-state index contributed by atoms with van der Waals surface area (Å²) in [5.74, 6) is -1.64. The predicted octanol–water partition coefficient (Wildman–Crippen LogP) is 1.42. The Morgan fingerprint density at radius 2 is 2.18 bits per heavy atom. The number of rotatable bonds is 4. The van der Waals surface area contributed by atoms with Gasteiger partial charge in [0.05, 0.1) is 17.7 Å². The average Bonchev–Trinajstić information content (AvgIpc) is 2.28. The Bertz CT molecular complexity index is 416. The molecule has 4 nitrogen and oxygen atoms in total. The summed E-state index contributed by atoms with van der Waals surface area (Å²) in [6.07, 6.45) is 0.523. The number of halogens is 1. The van der Waals surface area contributed by atoms with E-state index in [2.05, 4.69) is 5.32 Å². The Hall–Kier alpha value is -1.62. The SMILES string of the molecule is CCC(C)(CO)NC(=O)c1ccc(O)cc1F. The molecule has 1 unspecified atom stereocenters. The summed E-state index contributed by atoms with van der Waals surface area (Å²) in [6.45, 7) is 3.25. The molecule has 0 spiro atoms. The van der Waals surface area contributed by atoms with Crippen molar-refractivity contribution >= 4 is 5.91 Å². The normalized spacial score (nSPS) is 14.1. The van der Waals surface area contributed by atoms with Crippen LogP contribution in [0.1, 0.15) is 30.6 Å². The van der Waals surface area contributed by atoms with E-state index in [1.165, 1.54) is 12.1 Å². The fourth-order valence-corrected chi connectivity index (χ4v) is 1.27. The lowest BCUT2D eigenvalue weighted by molar-refractivity contribution is 0.0843. The first-order chi connectivity index (χ1) is 7.91. The molecule has 0 saturated carbocycles. The van der Waals surface area contributed by atoms with Crippen molar-refractivity contribution in [2.24, 2.45) is 0 Å². The minimum Gasteiger partial charge on any atom is -0.508 e. The van der Waals surface area contributed by atoms with Crippen LogP contribution >= 0.6 is 0 Å². The van der Waals surface area contributed by atoms with Crippen LogP contribution in [0.2, 0.25) is 0 Å². The third-order valence-corrected chi connectivity index (χ3v) is 2.74. The van der Waals surface area contributed by atoms with Crippen molar-refractivity contribution in [3.63, 3.8) is 0 Å². The molecule has 1 rings (SSSR count). The third kappa shape index (κ3) is 3.17. The lowest BCUT2D eigenvalue weighted by atomic mass is 9.99. The van der Waals surface area contributed by atoms with Crippen LogP contribution in [-0.2, 0) is 0 Å². The van der Waals surface area contributed by atoms with E-state index in [0.717, 1.165) is 6.07 Å². The number of aliphatic hydroxyl groups excluding tert-OH is 1. The smallest absolute Gasteiger partial charge is 0.254 e. The van der Waals surface area contributed by atoms with Gasteiger partial charge < -0.3 is 15.5 Å². The molecule has 0 fully saturated rings. The van der Waals surface area contributed by atoms with Crippen molar-refractivity contribution < 1.29 is 19.4 Å². The van der Waals surface area contributed by atoms with Crippen molar-refractivity contribution in [3.05, 3.63) is 29.6 Å². The lowest BCUT2D eigenvalue weighted by Gasteiger charge is -2.27. The molecular weight excluding hydrogens is 225 g/mol. The number of hydrogen-bond donors (Lipinski definition) is 3. The lowest BCUT2D eigenvalue weighted by Crippen LogP contribution is -2.48. The van der Waals surface area contributed by atoms with Crippen LogP contribution in [-0.4, -0.2) is 28.3 Å². The highest BCUT2D eigenvalue weighted by Crippen LogP contribution is 2.16. The molecular formula is C12H16FNO3. The molecule has 94 valence electrons. The summed E-state index contributed by atoms with van der Waals surface area (Å²) in [5.41, 5.74) is -0.933. The zero-order chi connectivity index (χ0) is 13.1. The van der Waals surface area contributed by atoms with Crippen molar-refractivity contribution in [3.8, 4) is 5.75 Å². The Balaban J connectivity index is 2.90. The van der Waals surface area contributed by atoms with E-state index in [9.17, 15) is 9.18 Å². The monoisotopic (exact) mass is 241 g/mol. The summed E-state index contributed by atoms with van der Waals surface area (Å²) in [6, 6.07) is 3.31. The molecule has 0 bridgehead atoms. The summed E-state index contributed by atoms with van der Waals surface area (Å²) in [7, 11) is 0. The average molecular weight is 241 g/mol. The van der Waals surface area contributed by atoms with Gasteiger partial charge >= 0.3 is 0 Å². The van der Waals surface area contributed by atoms with Gasteiger partial charge in [-0.05, 0) is 25.5 Å². The summed E-state index contributed by atoms with van der Waals surface area (Å²) in [5, 5.41) is 20.7. The van der Waals surface area contributed by atoms with Crippen molar-refractivity contribution in [1.29, 1.82) is 0 Å². The van der Waals surface area contributed by atoms with Crippen LogP contribution in [0.3, 0.4) is 0 Å². The molecule has 1 atom stereocenters. The molecule has 17 heavy (non-hydrogen) atoms. The number of phenols is 1. The van der Waals surface area contributed by atoms with Crippen LogP contribution in [0, 0.1) is 5.82 Å². The molecule has 0 aromatic heterocycles. The molecule has 1 aromatic rings. The Kier molecular flexibility index (Phi) is 4.07. The Labute approximate surface area is 99.1 Å². The van der Waals surface area contributed by atoms with Crippen molar-refractivity contribution in [2.75, 3.05) is 6.61 Å². The van der Waals surface area contributed by atoms with Gasteiger partial charge in [-0.25, -0.2) is 4.39 Å². The quantitative estimate of drug-likeness (QED) is 0.746. The van der Waals surface area contributed by atoms with E-state index in [-0.39, 0.29) is 17.9 Å². The largest absolute Gasteiger partial charge is 0.508 e. The number of hydrogen-bond acceptors (Lipinski definition) is 3. The second kappa shape index (κ2) is 5.14. The van der Waals surface area contributed by atoms with Crippen LogP contribution in [0.15, 0.2) is 18.2 Å². The fourth-order valence-electron chi connectivity index (χ4n) is 1.27. The maximum absolute atomic E-state index is 13.4. The first-order valence-corrected chi connectivity index (χ1v) is 5.34. The van der Waals surface area contributed by atoms with Crippen LogP contribution in [0.5, 0.6) is 5.75 Å². The van der Waals surface area contributed by atoms with Gasteiger partial charge in [-0.3, -0.25) is 4.79 Å². The predicted molar refractivity (Wildman–Crippen MR) is 61.3 cm³/mol. The highest BCUT2D eigenvalue weighted by molar-refractivity contribution is 5.95. The molecule has 0 saturated heterocycles. The Morgan fingerprint density at radius 1 is 1.53 bits per heavy atom. The first kappa shape index (κ1) is 13.4. The van der Waals surface area contributed by atoms with E-state index >= 15 is 0 Å². The number of carbonyl (C=O) groups excluding carboxylic acids is 1. The molecule has 1 amide bonds. The number of amides is 1. The van der Waals surface area contributed by atoms with Crippen molar-refractivity contribution in [1.82, 2.24) is 5.32 Å². The molecule has 0 radical (unpaired) electrons. The number of benzene rings is 1. The Morgan fingerprint density at radius 3 is 2.65 bits per heavy atom. The van der Waals surface area contributed by atoms with Gasteiger partial charge in [-0.1, -0.05) is 6.92 Å². The second-order valence-corrected chi connectivity index (χ2v) is 4.19. The summed E-state index contributed by atoms with van der Waals surface area (Å²) in [4.78, 5) is 11.8. The highest BCUT2D eigenvalue weighted by Gasteiger charge is 2.25. The van der Waals surface area contributed by atoms with Gasteiger partial charge in [-0.2, -0.15) is 0 Å². The maximum atomic E-state index is 13.4. The number of aromatic hydroxyl groups is 1. The molecule has 5 heteroatoms. The minimum absolute atomic E-state index is 0.157. The standard InChI is InChI=1S/C12H16FNO3/c1-3-12(2,7-15)14-11(17)9-5-4-8(16)6-10(9)13/h4-6,15-16H,3,7H2,1-2H3,(H,14,17). The van der Waals surface area contributed by atoms with E-state index in [4.69, 9.17) is 10.2 Å². The molecule has 0 aliphatic rings. The molecule has 0 aliphatic carbocycles. The fraction of sp³-hybridized carbons (Fsp3) is 0.417. The van der Waals surface area contributed by atoms with E-state index in [1.54, 1.807) is 6.92 Å². The molecule has 0 aliphatic heterocycles. The molecule has 1 aromatic carbocycles. The van der Waals surface area contributed by atoms with E-state index in [0.29, 0.717) is 6.42 Å². The zero-order valence-corrected chi connectivity index (χ0v) is 9.83. The molecule has 3 N–H and O–H groups in total. The van der Waals surface area contributed by atoms with Gasteiger partial charge in [0.1, 0.15) is 11.6 Å². The number of carbonyl (C=O) groups is 1. The van der Waals surface area contributed by atoms with Gasteiger partial charge in [0.15, 0.2) is 0 Å². The summed E-state index contributed by atoms with van der Waals surface area (Å²) >= 11 is 0. The topological polar surface area (TPSA) is 69.6 Å². The van der Waals surface area contributed by atoms with Crippen LogP contribution in [0.25, 0.3) is 0 Å². The second-order valence-electron chi connectivity index (χ2n) is 4.19. The van der Waals surface area contributed by atoms with E-state index < -0.39 is 17.3 Å². The zero-order valence-electron chi connectivity index (χ0n) is 9.83. The van der Waals surface area contributed by atoms with Crippen LogP contribution < -0.4 is 5.32 Å². The minimum atomic E-state index is -0.793. The van der Waals surface area contributed by atoms with Crippen LogP contribution in [0.4, 0.5) is 4.39 Å². The first-order valence-electron chi connectivity index (χ1n) is 5.34. The summed E-state index contributed by atoms with van der Waals surface area (Å²) < 4.78 is 13.4. The van der Waals surface area contributed by atoms with Gasteiger partial charge in [-0.15, -0.1) is 0 Å². The maximum Gasteiger partial charge on any atom is 0.254 e. The molecule has 0 heterocycles. The number of nitrogens with one attached hydrogen (secondary N) is 1. The number of phenolic OH excluding ortho intramolecular Hbond substituents is 1. The third-order valence-electron chi connectivity index (χ3n) is 2.74. The van der Waals surface area contributed by atoms with Gasteiger partial charge in [0, 0.05) is 6.07 Å². The van der Waals surface area contributed by atoms with E-state index in [1.807, 2.05) is 6.92 Å². The van der Waals surface area contributed by atoms with Crippen molar-refractivity contribution in [2.45, 2.75) is 25.8 Å². The van der Waals surface area contributed by atoms with Gasteiger partial charge in [0.25, 0.3) is 5.91 Å². The van der Waals surface area contributed by atoms with Gasteiger partial charge in [0.2, 0.25) is 0 Å². The number of aliphatic hydroxyl groups is 1. The highest BCUT2D eigenvalue weighted by atomic mass is 19.1.